The molecule has 43 heavy (non-hydrogen) atoms. The molecule has 1 aliphatic carbocycles. The Kier molecular flexibility index (Phi) is 9.56. The lowest BCUT2D eigenvalue weighted by molar-refractivity contribution is 0.0284. The van der Waals surface area contributed by atoms with Gasteiger partial charge in [-0.2, -0.15) is 0 Å². The van der Waals surface area contributed by atoms with E-state index in [9.17, 15) is 15.0 Å². The van der Waals surface area contributed by atoms with Gasteiger partial charge in [0.25, 0.3) is 0 Å². The van der Waals surface area contributed by atoms with Gasteiger partial charge in [0.2, 0.25) is 0 Å². The van der Waals surface area contributed by atoms with Gasteiger partial charge < -0.3 is 20.3 Å². The van der Waals surface area contributed by atoms with Crippen LogP contribution in [0.4, 0.5) is 0 Å². The minimum absolute atomic E-state index is 0.189. The zero-order chi connectivity index (χ0) is 30.3. The first-order valence-corrected chi connectivity index (χ1v) is 15.0. The van der Waals surface area contributed by atoms with Crippen LogP contribution < -0.4 is 5.32 Å². The van der Waals surface area contributed by atoms with Gasteiger partial charge in [-0.15, -0.1) is 0 Å². The van der Waals surface area contributed by atoms with Crippen molar-refractivity contribution in [3.8, 4) is 11.1 Å². The summed E-state index contributed by atoms with van der Waals surface area (Å²) < 4.78 is 6.01. The van der Waals surface area contributed by atoms with Gasteiger partial charge in [0.05, 0.1) is 18.3 Å². The van der Waals surface area contributed by atoms with Crippen molar-refractivity contribution in [2.24, 2.45) is 0 Å². The van der Waals surface area contributed by atoms with E-state index in [4.69, 9.17) is 4.74 Å². The summed E-state index contributed by atoms with van der Waals surface area (Å²) in [5.41, 5.74) is 3.68. The Morgan fingerprint density at radius 3 is 2.47 bits per heavy atom. The summed E-state index contributed by atoms with van der Waals surface area (Å²) in [7, 11) is 0. The number of hydrogen-bond acceptors (Lipinski definition) is 4. The summed E-state index contributed by atoms with van der Waals surface area (Å²) in [6.07, 6.45) is 10.1. The Morgan fingerprint density at radius 2 is 1.72 bits per heavy atom. The number of allylic oxidation sites excluding steroid dienone is 4. The molecule has 2 atom stereocenters. The van der Waals surface area contributed by atoms with Crippen LogP contribution in [0.1, 0.15) is 48.2 Å². The molecule has 0 heterocycles. The number of carbonyl (C=O) groups is 1. The van der Waals surface area contributed by atoms with E-state index < -0.39 is 12.1 Å². The minimum atomic E-state index is -0.940. The van der Waals surface area contributed by atoms with Gasteiger partial charge in [-0.1, -0.05) is 103 Å². The summed E-state index contributed by atoms with van der Waals surface area (Å²) in [5, 5.41) is 26.6. The third-order valence-corrected chi connectivity index (χ3v) is 8.33. The van der Waals surface area contributed by atoms with Crippen LogP contribution in [-0.4, -0.2) is 47.6 Å². The molecule has 0 spiro atoms. The molecule has 0 bridgehead atoms. The summed E-state index contributed by atoms with van der Waals surface area (Å²) >= 11 is 0. The minimum Gasteiger partial charge on any atom is -0.478 e. The van der Waals surface area contributed by atoms with E-state index in [0.29, 0.717) is 25.1 Å². The highest BCUT2D eigenvalue weighted by atomic mass is 16.5. The molecule has 0 aliphatic heterocycles. The van der Waals surface area contributed by atoms with E-state index in [0.717, 1.165) is 24.0 Å². The zero-order valence-electron chi connectivity index (χ0n) is 25.0. The fourth-order valence-electron chi connectivity index (χ4n) is 5.95. The number of aliphatic hydroxyl groups is 1. The van der Waals surface area contributed by atoms with Crippen molar-refractivity contribution < 1.29 is 19.7 Å². The van der Waals surface area contributed by atoms with Crippen molar-refractivity contribution in [3.05, 3.63) is 132 Å². The lowest BCUT2D eigenvalue weighted by Gasteiger charge is -2.33. The highest BCUT2D eigenvalue weighted by Gasteiger charge is 2.31. The first kappa shape index (κ1) is 30.4. The predicted molar refractivity (Wildman–Crippen MR) is 175 cm³/mol. The molecule has 5 heteroatoms. The lowest BCUT2D eigenvalue weighted by Crippen LogP contribution is -2.46. The van der Waals surface area contributed by atoms with Crippen LogP contribution in [0.25, 0.3) is 21.9 Å². The Balaban J connectivity index is 1.18. The van der Waals surface area contributed by atoms with E-state index in [1.807, 2.05) is 54.6 Å². The molecule has 0 saturated carbocycles. The summed E-state index contributed by atoms with van der Waals surface area (Å²) in [4.78, 5) is 12.0. The van der Waals surface area contributed by atoms with E-state index in [1.54, 1.807) is 6.07 Å². The second-order valence-corrected chi connectivity index (χ2v) is 12.2. The highest BCUT2D eigenvalue weighted by Crippen LogP contribution is 2.39. The molecular weight excluding hydrogens is 534 g/mol. The molecular formula is C38H41NO4. The number of hydrogen-bond donors (Lipinski definition) is 3. The fraction of sp³-hybridized carbons (Fsp3) is 0.289. The molecule has 1 unspecified atom stereocenters. The number of carboxylic acid groups (broad SMARTS) is 1. The maximum absolute atomic E-state index is 12.0. The third kappa shape index (κ3) is 7.68. The Bertz CT molecular complexity index is 1610. The van der Waals surface area contributed by atoms with Gasteiger partial charge in [-0.05, 0) is 78.3 Å². The average Bonchev–Trinajstić information content (AvgIpc) is 3.02. The van der Waals surface area contributed by atoms with Gasteiger partial charge in [0.15, 0.2) is 0 Å². The molecule has 4 aromatic rings. The molecule has 3 N–H and O–H groups in total. The Labute approximate surface area is 254 Å². The first-order valence-electron chi connectivity index (χ1n) is 15.0. The molecule has 1 aliphatic rings. The summed E-state index contributed by atoms with van der Waals surface area (Å²) in [6, 6.07) is 30.3. The van der Waals surface area contributed by atoms with Gasteiger partial charge in [0, 0.05) is 24.1 Å². The van der Waals surface area contributed by atoms with E-state index in [2.05, 4.69) is 73.8 Å². The van der Waals surface area contributed by atoms with E-state index >= 15 is 0 Å². The second-order valence-electron chi connectivity index (χ2n) is 12.2. The number of ether oxygens (including phenoxy) is 1. The van der Waals surface area contributed by atoms with Crippen molar-refractivity contribution in [1.29, 1.82) is 0 Å². The van der Waals surface area contributed by atoms with Gasteiger partial charge >= 0.3 is 5.97 Å². The quantitative estimate of drug-likeness (QED) is 0.145. The number of benzene rings is 4. The molecule has 5 rings (SSSR count). The Hall–Kier alpha value is -4.03. The monoisotopic (exact) mass is 575 g/mol. The number of fused-ring (bicyclic) bond motifs is 1. The van der Waals surface area contributed by atoms with Crippen molar-refractivity contribution in [2.45, 2.75) is 50.2 Å². The van der Waals surface area contributed by atoms with Crippen LogP contribution in [0.15, 0.2) is 115 Å². The van der Waals surface area contributed by atoms with Crippen LogP contribution in [0.2, 0.25) is 0 Å². The molecule has 4 aromatic carbocycles. The third-order valence-electron chi connectivity index (χ3n) is 8.33. The van der Waals surface area contributed by atoms with Crippen LogP contribution >= 0.6 is 0 Å². The number of β-amino-alcohol motifs (C(OH)–C–C–N with tert-alkyl or cyclic N) is 1. The molecule has 0 saturated heterocycles. The van der Waals surface area contributed by atoms with Crippen molar-refractivity contribution in [2.75, 3.05) is 19.8 Å². The van der Waals surface area contributed by atoms with Crippen LogP contribution in [0, 0.1) is 0 Å². The molecule has 5 nitrogen and oxygen atoms in total. The standard InChI is InChI=1S/C38H41NO4/c1-37(2,25-28-15-16-29-11-7-8-14-31(29)23-28)39-26-33(40)27-43-22-21-38(19-9-4-10-20-38)32-17-18-34(36(41)42)35(24-32)30-12-5-3-6-13-30/h3-19,23-24,33,39-40H,20-22,25-27H2,1-2H3,(H,41,42)/t33-,38?/m1/s1. The van der Waals surface area contributed by atoms with E-state index in [-0.39, 0.29) is 23.1 Å². The van der Waals surface area contributed by atoms with E-state index in [1.165, 1.54) is 16.3 Å². The summed E-state index contributed by atoms with van der Waals surface area (Å²) in [5.74, 6) is -0.940. The zero-order valence-corrected chi connectivity index (χ0v) is 25.0. The fourth-order valence-corrected chi connectivity index (χ4v) is 5.95. The lowest BCUT2D eigenvalue weighted by atomic mass is 9.72. The first-order chi connectivity index (χ1) is 20.7. The SMILES string of the molecule is CC(C)(Cc1ccc2ccccc2c1)NC[C@@H](O)COCCC1(c2ccc(C(=O)O)c(-c3ccccc3)c2)C=CC=CC1. The topological polar surface area (TPSA) is 78.8 Å². The largest absolute Gasteiger partial charge is 0.478 e. The molecule has 0 aromatic heterocycles. The molecule has 0 fully saturated rings. The van der Waals surface area contributed by atoms with Crippen molar-refractivity contribution in [1.82, 2.24) is 5.32 Å². The average molecular weight is 576 g/mol. The van der Waals surface area contributed by atoms with Gasteiger partial charge in [-0.3, -0.25) is 0 Å². The number of carboxylic acids is 1. The van der Waals surface area contributed by atoms with Gasteiger partial charge in [-0.25, -0.2) is 4.79 Å². The number of aliphatic hydroxyl groups excluding tert-OH is 1. The van der Waals surface area contributed by atoms with Crippen LogP contribution in [0.3, 0.4) is 0 Å². The van der Waals surface area contributed by atoms with Crippen LogP contribution in [-0.2, 0) is 16.6 Å². The Morgan fingerprint density at radius 1 is 0.953 bits per heavy atom. The molecule has 0 amide bonds. The predicted octanol–water partition coefficient (Wildman–Crippen LogP) is 7.34. The second kappa shape index (κ2) is 13.5. The number of rotatable bonds is 13. The smallest absolute Gasteiger partial charge is 0.336 e. The number of aromatic carboxylic acids is 1. The maximum atomic E-state index is 12.0. The molecule has 222 valence electrons. The van der Waals surface area contributed by atoms with Crippen molar-refractivity contribution in [3.63, 3.8) is 0 Å². The molecule has 0 radical (unpaired) electrons. The highest BCUT2D eigenvalue weighted by molar-refractivity contribution is 5.96. The normalized spacial score (nSPS) is 17.3. The van der Waals surface area contributed by atoms with Crippen molar-refractivity contribution >= 4 is 16.7 Å². The summed E-state index contributed by atoms with van der Waals surface area (Å²) in [6.45, 7) is 5.45. The number of nitrogens with one attached hydrogen (secondary N) is 1. The van der Waals surface area contributed by atoms with Crippen LogP contribution in [0.5, 0.6) is 0 Å². The van der Waals surface area contributed by atoms with Gasteiger partial charge in [0.1, 0.15) is 0 Å². The maximum Gasteiger partial charge on any atom is 0.336 e.